The highest BCUT2D eigenvalue weighted by Gasteiger charge is 2.14. The average Bonchev–Trinajstić information content (AvgIpc) is 2.26. The molecule has 1 unspecified atom stereocenters. The third-order valence-corrected chi connectivity index (χ3v) is 3.72. The molecule has 90 valence electrons. The van der Waals surface area contributed by atoms with Gasteiger partial charge in [0.15, 0.2) is 0 Å². The van der Waals surface area contributed by atoms with E-state index in [1.54, 1.807) is 0 Å². The first-order chi connectivity index (χ1) is 7.26. The van der Waals surface area contributed by atoms with Crippen LogP contribution in [0.5, 0.6) is 0 Å². The molecule has 0 aromatic rings. The smallest absolute Gasteiger partial charge is 0.0110 e. The lowest BCUT2D eigenvalue weighted by Gasteiger charge is -2.33. The molecule has 0 aromatic heterocycles. The van der Waals surface area contributed by atoms with Gasteiger partial charge in [-0.25, -0.2) is 0 Å². The molecule has 0 spiro atoms. The topological polar surface area (TPSA) is 6.48 Å². The van der Waals surface area contributed by atoms with E-state index in [1.165, 1.54) is 58.4 Å². The average molecular weight is 212 g/mol. The van der Waals surface area contributed by atoms with Crippen LogP contribution in [0.2, 0.25) is 0 Å². The van der Waals surface area contributed by atoms with Gasteiger partial charge in [-0.2, -0.15) is 0 Å². The fourth-order valence-electron chi connectivity index (χ4n) is 2.40. The molecular formula is C13H28N2. The standard InChI is InChI=1S/C13H28N2/c1-4-6-13(5-2)7-8-15-11-9-14(3)10-12-15/h13H,4-12H2,1-3H3. The number of rotatable bonds is 6. The molecule has 1 atom stereocenters. The number of likely N-dealkylation sites (N-methyl/N-ethyl adjacent to an activating group) is 1. The Kier molecular flexibility index (Phi) is 6.26. The van der Waals surface area contributed by atoms with Crippen molar-refractivity contribution in [1.82, 2.24) is 9.80 Å². The van der Waals surface area contributed by atoms with Gasteiger partial charge in [0.1, 0.15) is 0 Å². The van der Waals surface area contributed by atoms with Crippen LogP contribution in [-0.2, 0) is 0 Å². The van der Waals surface area contributed by atoms with Crippen LogP contribution in [0, 0.1) is 5.92 Å². The largest absolute Gasteiger partial charge is 0.304 e. The molecule has 1 heterocycles. The second-order valence-corrected chi connectivity index (χ2v) is 5.00. The SMILES string of the molecule is CCCC(CC)CCN1CCN(C)CC1. The van der Waals surface area contributed by atoms with E-state index in [2.05, 4.69) is 30.7 Å². The van der Waals surface area contributed by atoms with Crippen molar-refractivity contribution in [3.05, 3.63) is 0 Å². The fourth-order valence-corrected chi connectivity index (χ4v) is 2.40. The van der Waals surface area contributed by atoms with E-state index in [1.807, 2.05) is 0 Å². The van der Waals surface area contributed by atoms with Crippen molar-refractivity contribution in [1.29, 1.82) is 0 Å². The number of piperazine rings is 1. The minimum absolute atomic E-state index is 0.967. The molecule has 1 saturated heterocycles. The van der Waals surface area contributed by atoms with Gasteiger partial charge < -0.3 is 9.80 Å². The van der Waals surface area contributed by atoms with Crippen LogP contribution < -0.4 is 0 Å². The van der Waals surface area contributed by atoms with Crippen LogP contribution in [-0.4, -0.2) is 49.6 Å². The van der Waals surface area contributed by atoms with Crippen LogP contribution in [0.1, 0.15) is 39.5 Å². The summed E-state index contributed by atoms with van der Waals surface area (Å²) in [6, 6.07) is 0. The molecule has 0 radical (unpaired) electrons. The zero-order valence-electron chi connectivity index (χ0n) is 10.8. The molecule has 1 aliphatic rings. The summed E-state index contributed by atoms with van der Waals surface area (Å²) in [5.41, 5.74) is 0. The summed E-state index contributed by atoms with van der Waals surface area (Å²) >= 11 is 0. The summed E-state index contributed by atoms with van der Waals surface area (Å²) in [6.45, 7) is 11.0. The summed E-state index contributed by atoms with van der Waals surface area (Å²) in [5.74, 6) is 0.967. The van der Waals surface area contributed by atoms with Gasteiger partial charge >= 0.3 is 0 Å². The summed E-state index contributed by atoms with van der Waals surface area (Å²) in [7, 11) is 2.23. The van der Waals surface area contributed by atoms with E-state index >= 15 is 0 Å². The first kappa shape index (κ1) is 13.0. The summed E-state index contributed by atoms with van der Waals surface area (Å²) in [6.07, 6.45) is 5.54. The second kappa shape index (κ2) is 7.24. The molecule has 1 aliphatic heterocycles. The lowest BCUT2D eigenvalue weighted by molar-refractivity contribution is 0.145. The first-order valence-electron chi connectivity index (χ1n) is 6.67. The lowest BCUT2D eigenvalue weighted by Crippen LogP contribution is -2.44. The molecule has 0 bridgehead atoms. The minimum atomic E-state index is 0.967. The zero-order chi connectivity index (χ0) is 11.1. The highest BCUT2D eigenvalue weighted by Crippen LogP contribution is 2.16. The summed E-state index contributed by atoms with van der Waals surface area (Å²) in [4.78, 5) is 5.07. The van der Waals surface area contributed by atoms with Gasteiger partial charge in [-0.1, -0.05) is 33.1 Å². The van der Waals surface area contributed by atoms with Crippen LogP contribution in [0.25, 0.3) is 0 Å². The Balaban J connectivity index is 2.12. The van der Waals surface area contributed by atoms with Crippen LogP contribution in [0.3, 0.4) is 0 Å². The van der Waals surface area contributed by atoms with Gasteiger partial charge in [-0.15, -0.1) is 0 Å². The Morgan fingerprint density at radius 3 is 2.20 bits per heavy atom. The Bertz CT molecular complexity index is 151. The molecule has 0 amide bonds. The van der Waals surface area contributed by atoms with Crippen molar-refractivity contribution >= 4 is 0 Å². The van der Waals surface area contributed by atoms with E-state index in [9.17, 15) is 0 Å². The molecule has 0 aliphatic carbocycles. The zero-order valence-corrected chi connectivity index (χ0v) is 10.8. The summed E-state index contributed by atoms with van der Waals surface area (Å²) < 4.78 is 0. The molecule has 1 fully saturated rings. The van der Waals surface area contributed by atoms with Crippen LogP contribution >= 0.6 is 0 Å². The molecular weight excluding hydrogens is 184 g/mol. The van der Waals surface area contributed by atoms with Crippen LogP contribution in [0.15, 0.2) is 0 Å². The van der Waals surface area contributed by atoms with Crippen molar-refractivity contribution < 1.29 is 0 Å². The van der Waals surface area contributed by atoms with Crippen molar-refractivity contribution in [2.24, 2.45) is 5.92 Å². The van der Waals surface area contributed by atoms with E-state index in [0.29, 0.717) is 0 Å². The van der Waals surface area contributed by atoms with Crippen molar-refractivity contribution in [3.63, 3.8) is 0 Å². The Morgan fingerprint density at radius 1 is 1.00 bits per heavy atom. The monoisotopic (exact) mass is 212 g/mol. The Hall–Kier alpha value is -0.0800. The minimum Gasteiger partial charge on any atom is -0.304 e. The van der Waals surface area contributed by atoms with E-state index in [-0.39, 0.29) is 0 Å². The van der Waals surface area contributed by atoms with Crippen molar-refractivity contribution in [2.45, 2.75) is 39.5 Å². The second-order valence-electron chi connectivity index (χ2n) is 5.00. The first-order valence-corrected chi connectivity index (χ1v) is 6.67. The molecule has 1 rings (SSSR count). The lowest BCUT2D eigenvalue weighted by atomic mass is 9.97. The fraction of sp³-hybridized carbons (Fsp3) is 1.00. The maximum atomic E-state index is 2.64. The van der Waals surface area contributed by atoms with Gasteiger partial charge in [0.25, 0.3) is 0 Å². The quantitative estimate of drug-likeness (QED) is 0.667. The van der Waals surface area contributed by atoms with Crippen LogP contribution in [0.4, 0.5) is 0 Å². The maximum Gasteiger partial charge on any atom is 0.0110 e. The van der Waals surface area contributed by atoms with E-state index in [4.69, 9.17) is 0 Å². The van der Waals surface area contributed by atoms with Gasteiger partial charge in [-0.3, -0.25) is 0 Å². The normalized spacial score (nSPS) is 21.8. The highest BCUT2D eigenvalue weighted by atomic mass is 15.2. The van der Waals surface area contributed by atoms with Gasteiger partial charge in [0.05, 0.1) is 0 Å². The Labute approximate surface area is 95.6 Å². The molecule has 0 saturated carbocycles. The van der Waals surface area contributed by atoms with Crippen molar-refractivity contribution in [2.75, 3.05) is 39.8 Å². The third kappa shape index (κ3) is 4.98. The third-order valence-electron chi connectivity index (χ3n) is 3.72. The predicted molar refractivity (Wildman–Crippen MR) is 67.2 cm³/mol. The summed E-state index contributed by atoms with van der Waals surface area (Å²) in [5, 5.41) is 0. The Morgan fingerprint density at radius 2 is 1.67 bits per heavy atom. The molecule has 0 aromatic carbocycles. The number of hydrogen-bond donors (Lipinski definition) is 0. The van der Waals surface area contributed by atoms with E-state index in [0.717, 1.165) is 5.92 Å². The van der Waals surface area contributed by atoms with E-state index < -0.39 is 0 Å². The molecule has 2 nitrogen and oxygen atoms in total. The van der Waals surface area contributed by atoms with Crippen molar-refractivity contribution in [3.8, 4) is 0 Å². The molecule has 0 N–H and O–H groups in total. The maximum absolute atomic E-state index is 2.64. The van der Waals surface area contributed by atoms with Gasteiger partial charge in [0, 0.05) is 26.2 Å². The van der Waals surface area contributed by atoms with Gasteiger partial charge in [-0.05, 0) is 25.9 Å². The highest BCUT2D eigenvalue weighted by molar-refractivity contribution is 4.70. The molecule has 2 heteroatoms. The predicted octanol–water partition coefficient (Wildman–Crippen LogP) is 2.45. The van der Waals surface area contributed by atoms with Gasteiger partial charge in [0.2, 0.25) is 0 Å². The molecule has 15 heavy (non-hydrogen) atoms. The number of nitrogens with zero attached hydrogens (tertiary/aromatic N) is 2. The number of hydrogen-bond acceptors (Lipinski definition) is 2.